The molecule has 1 heterocycles. The largest absolute Gasteiger partial charge is 0.465 e. The zero-order valence-corrected chi connectivity index (χ0v) is 12.2. The average Bonchev–Trinajstić information content (AvgIpc) is 2.52. The number of aryl methyl sites for hydroxylation is 1. The molecule has 0 bridgehead atoms. The molecule has 0 aliphatic rings. The SMILES string of the molecule is COC(=O)c1cc(-c2cc(C)[nH]c(=O)c2C#N)cc([N+](=O)[O-])c1. The number of nitro groups is 1. The minimum atomic E-state index is -0.755. The van der Waals surface area contributed by atoms with E-state index in [0.717, 1.165) is 13.2 Å². The monoisotopic (exact) mass is 313 g/mol. The van der Waals surface area contributed by atoms with Gasteiger partial charge in [0.25, 0.3) is 11.2 Å². The zero-order chi connectivity index (χ0) is 17.1. The molecule has 0 fully saturated rings. The summed E-state index contributed by atoms with van der Waals surface area (Å²) in [6.45, 7) is 1.62. The predicted molar refractivity (Wildman–Crippen MR) is 79.9 cm³/mol. The van der Waals surface area contributed by atoms with Gasteiger partial charge in [-0.25, -0.2) is 4.79 Å². The summed E-state index contributed by atoms with van der Waals surface area (Å²) < 4.78 is 4.57. The molecule has 0 amide bonds. The van der Waals surface area contributed by atoms with Gasteiger partial charge in [0.15, 0.2) is 0 Å². The standard InChI is InChI=1S/C15H11N3O5/c1-8-3-12(13(7-16)14(19)17-8)9-4-10(15(20)23-2)6-11(5-9)18(21)22/h3-6H,1-2H3,(H,17,19). The van der Waals surface area contributed by atoms with Gasteiger partial charge in [0, 0.05) is 23.4 Å². The highest BCUT2D eigenvalue weighted by Crippen LogP contribution is 2.28. The number of carbonyl (C=O) groups excluding carboxylic acids is 1. The first-order valence-corrected chi connectivity index (χ1v) is 6.39. The van der Waals surface area contributed by atoms with E-state index in [2.05, 4.69) is 9.72 Å². The van der Waals surface area contributed by atoms with E-state index in [9.17, 15) is 19.7 Å². The molecule has 1 aromatic carbocycles. The van der Waals surface area contributed by atoms with E-state index < -0.39 is 16.5 Å². The number of carbonyl (C=O) groups is 1. The van der Waals surface area contributed by atoms with Crippen molar-refractivity contribution in [3.05, 3.63) is 61.6 Å². The molecule has 8 nitrogen and oxygen atoms in total. The van der Waals surface area contributed by atoms with Gasteiger partial charge in [-0.15, -0.1) is 0 Å². The van der Waals surface area contributed by atoms with E-state index in [1.165, 1.54) is 18.2 Å². The van der Waals surface area contributed by atoms with Crippen molar-refractivity contribution in [3.8, 4) is 17.2 Å². The van der Waals surface area contributed by atoms with Crippen molar-refractivity contribution in [2.75, 3.05) is 7.11 Å². The van der Waals surface area contributed by atoms with Crippen molar-refractivity contribution >= 4 is 11.7 Å². The normalized spacial score (nSPS) is 9.96. The Balaban J connectivity index is 2.81. The molecule has 1 aromatic heterocycles. The molecular weight excluding hydrogens is 302 g/mol. The molecule has 0 saturated heterocycles. The van der Waals surface area contributed by atoms with Gasteiger partial charge >= 0.3 is 5.97 Å². The van der Waals surface area contributed by atoms with Crippen LogP contribution in [-0.4, -0.2) is 23.0 Å². The molecule has 0 atom stereocenters. The maximum Gasteiger partial charge on any atom is 0.338 e. The molecule has 0 aliphatic carbocycles. The van der Waals surface area contributed by atoms with Gasteiger partial charge in [0.05, 0.1) is 17.6 Å². The number of methoxy groups -OCH3 is 1. The number of esters is 1. The maximum atomic E-state index is 11.9. The summed E-state index contributed by atoms with van der Waals surface area (Å²) >= 11 is 0. The fraction of sp³-hybridized carbons (Fsp3) is 0.133. The lowest BCUT2D eigenvalue weighted by molar-refractivity contribution is -0.384. The van der Waals surface area contributed by atoms with Crippen LogP contribution in [0.2, 0.25) is 0 Å². The topological polar surface area (TPSA) is 126 Å². The van der Waals surface area contributed by atoms with Gasteiger partial charge in [-0.1, -0.05) is 0 Å². The first kappa shape index (κ1) is 15.9. The molecule has 23 heavy (non-hydrogen) atoms. The highest BCUT2D eigenvalue weighted by atomic mass is 16.6. The van der Waals surface area contributed by atoms with Crippen LogP contribution < -0.4 is 5.56 Å². The van der Waals surface area contributed by atoms with Crippen molar-refractivity contribution < 1.29 is 14.5 Å². The van der Waals surface area contributed by atoms with Gasteiger partial charge in [-0.05, 0) is 24.6 Å². The summed E-state index contributed by atoms with van der Waals surface area (Å²) in [6, 6.07) is 6.89. The second kappa shape index (κ2) is 6.11. The molecule has 0 radical (unpaired) electrons. The number of nitrogens with one attached hydrogen (secondary N) is 1. The number of H-pyrrole nitrogens is 1. The number of hydrogen-bond acceptors (Lipinski definition) is 6. The predicted octanol–water partition coefficient (Wildman–Crippen LogP) is 1.92. The number of nitriles is 1. The number of rotatable bonds is 3. The van der Waals surface area contributed by atoms with Crippen LogP contribution in [0.15, 0.2) is 29.1 Å². The number of aromatic nitrogens is 1. The minimum absolute atomic E-state index is 0.0430. The fourth-order valence-corrected chi connectivity index (χ4v) is 2.14. The van der Waals surface area contributed by atoms with E-state index in [1.807, 2.05) is 0 Å². The summed E-state index contributed by atoms with van der Waals surface area (Å²) in [5.41, 5.74) is -0.271. The van der Waals surface area contributed by atoms with Crippen LogP contribution in [0.4, 0.5) is 5.69 Å². The highest BCUT2D eigenvalue weighted by molar-refractivity contribution is 5.92. The van der Waals surface area contributed by atoms with Gasteiger partial charge in [-0.2, -0.15) is 5.26 Å². The smallest absolute Gasteiger partial charge is 0.338 e. The van der Waals surface area contributed by atoms with Crippen LogP contribution in [0.5, 0.6) is 0 Å². The number of ether oxygens (including phenoxy) is 1. The molecule has 2 aromatic rings. The Morgan fingerprint density at radius 1 is 1.35 bits per heavy atom. The third-order valence-electron chi connectivity index (χ3n) is 3.14. The first-order valence-electron chi connectivity index (χ1n) is 6.39. The quantitative estimate of drug-likeness (QED) is 0.524. The average molecular weight is 313 g/mol. The lowest BCUT2D eigenvalue weighted by atomic mass is 9.98. The van der Waals surface area contributed by atoms with Crippen LogP contribution >= 0.6 is 0 Å². The molecule has 2 rings (SSSR count). The number of benzene rings is 1. The van der Waals surface area contributed by atoms with Crippen LogP contribution in [-0.2, 0) is 4.74 Å². The maximum absolute atomic E-state index is 11.9. The molecule has 116 valence electrons. The van der Waals surface area contributed by atoms with Gasteiger partial charge in [0.1, 0.15) is 11.6 Å². The summed E-state index contributed by atoms with van der Waals surface area (Å²) in [5.74, 6) is -0.755. The first-order chi connectivity index (χ1) is 10.9. The second-order valence-corrected chi connectivity index (χ2v) is 4.70. The molecule has 1 N–H and O–H groups in total. The molecule has 0 aliphatic heterocycles. The van der Waals surface area contributed by atoms with Crippen LogP contribution in [0.1, 0.15) is 21.6 Å². The van der Waals surface area contributed by atoms with Gasteiger partial charge in [0.2, 0.25) is 0 Å². The van der Waals surface area contributed by atoms with Crippen molar-refractivity contribution in [2.24, 2.45) is 0 Å². The van der Waals surface area contributed by atoms with E-state index in [-0.39, 0.29) is 27.9 Å². The Morgan fingerprint density at radius 3 is 2.61 bits per heavy atom. The van der Waals surface area contributed by atoms with Crippen molar-refractivity contribution in [1.82, 2.24) is 4.98 Å². The molecule has 8 heteroatoms. The number of hydrogen-bond donors (Lipinski definition) is 1. The van der Waals surface area contributed by atoms with Crippen LogP contribution in [0.3, 0.4) is 0 Å². The van der Waals surface area contributed by atoms with E-state index in [0.29, 0.717) is 5.69 Å². The molecule has 0 unspecified atom stereocenters. The summed E-state index contributed by atoms with van der Waals surface area (Å²) in [6.07, 6.45) is 0. The second-order valence-electron chi connectivity index (χ2n) is 4.70. The number of non-ortho nitro benzene ring substituents is 1. The minimum Gasteiger partial charge on any atom is -0.465 e. The van der Waals surface area contributed by atoms with Crippen molar-refractivity contribution in [1.29, 1.82) is 5.26 Å². The molecular formula is C15H11N3O5. The third-order valence-corrected chi connectivity index (χ3v) is 3.14. The summed E-state index contributed by atoms with van der Waals surface area (Å²) in [4.78, 5) is 36.4. The third kappa shape index (κ3) is 3.08. The Labute approximate surface area is 130 Å². The number of nitrogens with zero attached hydrogens (tertiary/aromatic N) is 2. The Kier molecular flexibility index (Phi) is 4.23. The van der Waals surface area contributed by atoms with Crippen LogP contribution in [0, 0.1) is 28.4 Å². The lowest BCUT2D eigenvalue weighted by Gasteiger charge is -2.07. The van der Waals surface area contributed by atoms with Crippen LogP contribution in [0.25, 0.3) is 11.1 Å². The van der Waals surface area contributed by atoms with E-state index in [4.69, 9.17) is 5.26 Å². The molecule has 0 spiro atoms. The van der Waals surface area contributed by atoms with Gasteiger partial charge in [-0.3, -0.25) is 14.9 Å². The summed E-state index contributed by atoms with van der Waals surface area (Å²) in [7, 11) is 1.15. The Bertz CT molecular complexity index is 908. The van der Waals surface area contributed by atoms with E-state index >= 15 is 0 Å². The fourth-order valence-electron chi connectivity index (χ4n) is 2.14. The number of nitro benzene ring substituents is 1. The van der Waals surface area contributed by atoms with E-state index in [1.54, 1.807) is 13.0 Å². The Hall–Kier alpha value is -3.47. The number of pyridine rings is 1. The van der Waals surface area contributed by atoms with Crippen molar-refractivity contribution in [3.63, 3.8) is 0 Å². The molecule has 0 saturated carbocycles. The van der Waals surface area contributed by atoms with Crippen molar-refractivity contribution in [2.45, 2.75) is 6.92 Å². The van der Waals surface area contributed by atoms with Gasteiger partial charge < -0.3 is 9.72 Å². The Morgan fingerprint density at radius 2 is 2.04 bits per heavy atom. The highest BCUT2D eigenvalue weighted by Gasteiger charge is 2.18. The zero-order valence-electron chi connectivity index (χ0n) is 12.2. The summed E-state index contributed by atoms with van der Waals surface area (Å²) in [5, 5.41) is 20.2. The number of aromatic amines is 1. The lowest BCUT2D eigenvalue weighted by Crippen LogP contribution is -2.13.